The summed E-state index contributed by atoms with van der Waals surface area (Å²) in [6.45, 7) is 5.53. The van der Waals surface area contributed by atoms with Crippen molar-refractivity contribution < 1.29 is 23.9 Å². The average Bonchev–Trinajstić information content (AvgIpc) is 2.99. The summed E-state index contributed by atoms with van der Waals surface area (Å²) >= 11 is 1.24. The molecule has 0 aliphatic rings. The van der Waals surface area contributed by atoms with Crippen molar-refractivity contribution in [3.05, 3.63) is 57.0 Å². The van der Waals surface area contributed by atoms with Gasteiger partial charge in [-0.3, -0.25) is 4.79 Å². The molecule has 0 saturated carbocycles. The van der Waals surface area contributed by atoms with E-state index in [-0.39, 0.29) is 12.2 Å². The fourth-order valence-corrected chi connectivity index (χ4v) is 3.53. The number of carbonyl (C=O) groups excluding carboxylic acids is 3. The van der Waals surface area contributed by atoms with Crippen LogP contribution in [0.5, 0.6) is 0 Å². The van der Waals surface area contributed by atoms with Gasteiger partial charge in [0.25, 0.3) is 5.91 Å². The molecule has 8 heteroatoms. The molecule has 0 aliphatic heterocycles. The third kappa shape index (κ3) is 5.09. The molecule has 0 aliphatic carbocycles. The van der Waals surface area contributed by atoms with Crippen LogP contribution in [0.1, 0.15) is 43.6 Å². The Morgan fingerprint density at radius 2 is 1.83 bits per heavy atom. The van der Waals surface area contributed by atoms with Gasteiger partial charge in [-0.2, -0.15) is 5.26 Å². The molecule has 2 aromatic rings. The van der Waals surface area contributed by atoms with E-state index in [1.807, 2.05) is 13.0 Å². The van der Waals surface area contributed by atoms with Gasteiger partial charge in [-0.1, -0.05) is 12.1 Å². The summed E-state index contributed by atoms with van der Waals surface area (Å²) < 4.78 is 9.70. The van der Waals surface area contributed by atoms with Gasteiger partial charge in [0.1, 0.15) is 16.6 Å². The molecular weight excluding hydrogens is 392 g/mol. The first kappa shape index (κ1) is 21.9. The Kier molecular flexibility index (Phi) is 7.28. The SMILES string of the molecule is CCOC(=O)c1c(NC(=O)/C(C#N)=C/c2ccc(C(=O)OC)cc2)sc(C)c1C. The number of hydrogen-bond acceptors (Lipinski definition) is 7. The Morgan fingerprint density at radius 3 is 2.38 bits per heavy atom. The third-order valence-electron chi connectivity index (χ3n) is 4.10. The number of carbonyl (C=O) groups is 3. The van der Waals surface area contributed by atoms with E-state index >= 15 is 0 Å². The number of hydrogen-bond donors (Lipinski definition) is 1. The molecule has 1 aromatic heterocycles. The van der Waals surface area contributed by atoms with Crippen molar-refractivity contribution in [1.82, 2.24) is 0 Å². The van der Waals surface area contributed by atoms with Crippen LogP contribution in [0.2, 0.25) is 0 Å². The van der Waals surface area contributed by atoms with Crippen molar-refractivity contribution >= 4 is 40.3 Å². The predicted octanol–water partition coefficient (Wildman–Crippen LogP) is 3.87. The summed E-state index contributed by atoms with van der Waals surface area (Å²) in [5, 5.41) is 12.4. The van der Waals surface area contributed by atoms with Crippen LogP contribution in [0.4, 0.5) is 5.00 Å². The minimum absolute atomic E-state index is 0.144. The summed E-state index contributed by atoms with van der Waals surface area (Å²) in [5.41, 5.74) is 1.80. The topological polar surface area (TPSA) is 105 Å². The summed E-state index contributed by atoms with van der Waals surface area (Å²) in [5.74, 6) is -1.64. The van der Waals surface area contributed by atoms with E-state index in [2.05, 4.69) is 10.1 Å². The Morgan fingerprint density at radius 1 is 1.17 bits per heavy atom. The van der Waals surface area contributed by atoms with Crippen molar-refractivity contribution in [3.8, 4) is 6.07 Å². The van der Waals surface area contributed by atoms with Gasteiger partial charge in [-0.05, 0) is 50.1 Å². The van der Waals surface area contributed by atoms with E-state index in [0.717, 1.165) is 10.4 Å². The first-order valence-corrected chi connectivity index (χ1v) is 9.52. The molecule has 1 heterocycles. The van der Waals surface area contributed by atoms with E-state index in [1.165, 1.54) is 36.7 Å². The molecular formula is C21H20N2O5S. The second kappa shape index (κ2) is 9.66. The van der Waals surface area contributed by atoms with Crippen LogP contribution in [-0.2, 0) is 14.3 Å². The number of aryl methyl sites for hydroxylation is 1. The van der Waals surface area contributed by atoms with E-state index in [0.29, 0.717) is 21.7 Å². The van der Waals surface area contributed by atoms with Gasteiger partial charge in [0.2, 0.25) is 0 Å². The third-order valence-corrected chi connectivity index (χ3v) is 5.22. The molecule has 1 aromatic carbocycles. The number of thiophene rings is 1. The van der Waals surface area contributed by atoms with Crippen molar-refractivity contribution in [2.75, 3.05) is 19.0 Å². The van der Waals surface area contributed by atoms with Gasteiger partial charge in [-0.15, -0.1) is 11.3 Å². The molecule has 0 radical (unpaired) electrons. The highest BCUT2D eigenvalue weighted by Gasteiger charge is 2.23. The highest BCUT2D eigenvalue weighted by atomic mass is 32.1. The lowest BCUT2D eigenvalue weighted by Gasteiger charge is -2.07. The van der Waals surface area contributed by atoms with E-state index in [4.69, 9.17) is 4.74 Å². The molecule has 0 unspecified atom stereocenters. The molecule has 0 fully saturated rings. The highest BCUT2D eigenvalue weighted by molar-refractivity contribution is 7.16. The van der Waals surface area contributed by atoms with Gasteiger partial charge in [0.05, 0.1) is 24.8 Å². The Balaban J connectivity index is 2.28. The maximum absolute atomic E-state index is 12.6. The summed E-state index contributed by atoms with van der Waals surface area (Å²) in [4.78, 5) is 37.2. The quantitative estimate of drug-likeness (QED) is 0.439. The maximum atomic E-state index is 12.6. The highest BCUT2D eigenvalue weighted by Crippen LogP contribution is 2.33. The van der Waals surface area contributed by atoms with Gasteiger partial charge < -0.3 is 14.8 Å². The second-order valence-electron chi connectivity index (χ2n) is 5.95. The Hall–Kier alpha value is -3.44. The van der Waals surface area contributed by atoms with Crippen molar-refractivity contribution in [1.29, 1.82) is 5.26 Å². The number of esters is 2. The van der Waals surface area contributed by atoms with E-state index in [1.54, 1.807) is 26.0 Å². The zero-order valence-corrected chi connectivity index (χ0v) is 17.3. The molecule has 0 atom stereocenters. The lowest BCUT2D eigenvalue weighted by atomic mass is 10.1. The minimum Gasteiger partial charge on any atom is -0.465 e. The molecule has 150 valence electrons. The molecule has 1 amide bonds. The van der Waals surface area contributed by atoms with Crippen LogP contribution in [-0.4, -0.2) is 31.6 Å². The average molecular weight is 412 g/mol. The second-order valence-corrected chi connectivity index (χ2v) is 7.17. The Labute approximate surface area is 172 Å². The van der Waals surface area contributed by atoms with E-state index < -0.39 is 17.8 Å². The monoisotopic (exact) mass is 412 g/mol. The fourth-order valence-electron chi connectivity index (χ4n) is 2.48. The first-order valence-electron chi connectivity index (χ1n) is 8.71. The number of anilines is 1. The molecule has 7 nitrogen and oxygen atoms in total. The normalized spacial score (nSPS) is 10.8. The predicted molar refractivity (Wildman–Crippen MR) is 110 cm³/mol. The van der Waals surface area contributed by atoms with Gasteiger partial charge in [0.15, 0.2) is 0 Å². The fraction of sp³-hybridized carbons (Fsp3) is 0.238. The van der Waals surface area contributed by atoms with Crippen LogP contribution in [0, 0.1) is 25.2 Å². The lowest BCUT2D eigenvalue weighted by molar-refractivity contribution is -0.112. The van der Waals surface area contributed by atoms with Gasteiger partial charge in [-0.25, -0.2) is 9.59 Å². The maximum Gasteiger partial charge on any atom is 0.341 e. The van der Waals surface area contributed by atoms with E-state index in [9.17, 15) is 19.6 Å². The van der Waals surface area contributed by atoms with Crippen LogP contribution in [0.3, 0.4) is 0 Å². The number of ether oxygens (including phenoxy) is 2. The zero-order chi connectivity index (χ0) is 21.6. The molecule has 0 saturated heterocycles. The van der Waals surface area contributed by atoms with Gasteiger partial charge >= 0.3 is 11.9 Å². The van der Waals surface area contributed by atoms with Crippen molar-refractivity contribution in [2.45, 2.75) is 20.8 Å². The zero-order valence-electron chi connectivity index (χ0n) is 16.5. The Bertz CT molecular complexity index is 1010. The summed E-state index contributed by atoms with van der Waals surface area (Å²) in [6, 6.07) is 8.13. The number of rotatable bonds is 6. The molecule has 0 spiro atoms. The molecule has 2 rings (SSSR count). The van der Waals surface area contributed by atoms with Crippen LogP contribution >= 0.6 is 11.3 Å². The molecule has 1 N–H and O–H groups in total. The van der Waals surface area contributed by atoms with Crippen LogP contribution < -0.4 is 5.32 Å². The van der Waals surface area contributed by atoms with Crippen molar-refractivity contribution in [2.24, 2.45) is 0 Å². The largest absolute Gasteiger partial charge is 0.465 e. The van der Waals surface area contributed by atoms with Gasteiger partial charge in [0, 0.05) is 4.88 Å². The lowest BCUT2D eigenvalue weighted by Crippen LogP contribution is -2.16. The standard InChI is InChI=1S/C21H20N2O5S/c1-5-28-21(26)17-12(2)13(3)29-19(17)23-18(24)16(11-22)10-14-6-8-15(9-7-14)20(25)27-4/h6-10H,5H2,1-4H3,(H,23,24)/b16-10+. The molecule has 29 heavy (non-hydrogen) atoms. The number of amides is 1. The summed E-state index contributed by atoms with van der Waals surface area (Å²) in [7, 11) is 1.28. The number of nitrogens with one attached hydrogen (secondary N) is 1. The van der Waals surface area contributed by atoms with Crippen molar-refractivity contribution in [3.63, 3.8) is 0 Å². The number of benzene rings is 1. The number of methoxy groups -OCH3 is 1. The smallest absolute Gasteiger partial charge is 0.341 e. The number of nitrogens with zero attached hydrogens (tertiary/aromatic N) is 1. The molecule has 0 bridgehead atoms. The van der Waals surface area contributed by atoms with Crippen LogP contribution in [0.15, 0.2) is 29.8 Å². The summed E-state index contributed by atoms with van der Waals surface area (Å²) in [6.07, 6.45) is 1.40. The first-order chi connectivity index (χ1) is 13.8. The van der Waals surface area contributed by atoms with Crippen LogP contribution in [0.25, 0.3) is 6.08 Å². The minimum atomic E-state index is -0.642. The number of nitriles is 1.